The van der Waals surface area contributed by atoms with Gasteiger partial charge in [0.1, 0.15) is 5.52 Å². The molecule has 0 spiro atoms. The zero-order valence-corrected chi connectivity index (χ0v) is 10.6. The Labute approximate surface area is 101 Å². The monoisotopic (exact) mass is 230 g/mol. The second-order valence-corrected chi connectivity index (χ2v) is 5.00. The number of fused-ring (bicyclic) bond motifs is 1. The molecule has 0 atom stereocenters. The van der Waals surface area contributed by atoms with Gasteiger partial charge in [-0.1, -0.05) is 32.9 Å². The minimum Gasteiger partial charge on any atom is -0.352 e. The van der Waals surface area contributed by atoms with Crippen LogP contribution in [0.1, 0.15) is 27.2 Å². The van der Waals surface area contributed by atoms with Crippen LogP contribution in [0, 0.1) is 5.41 Å². The van der Waals surface area contributed by atoms with Crippen molar-refractivity contribution in [1.82, 2.24) is 15.2 Å². The second kappa shape index (κ2) is 4.65. The maximum Gasteiger partial charge on any atom is 0.243 e. The smallest absolute Gasteiger partial charge is 0.243 e. The number of hydrogen-bond donors (Lipinski definition) is 1. The Morgan fingerprint density at radius 3 is 2.53 bits per heavy atom. The summed E-state index contributed by atoms with van der Waals surface area (Å²) < 4.78 is 0. The molecule has 4 nitrogen and oxygen atoms in total. The highest BCUT2D eigenvalue weighted by atomic mass is 15.2. The van der Waals surface area contributed by atoms with Crippen LogP contribution in [0.4, 0.5) is 5.95 Å². The molecule has 0 radical (unpaired) electrons. The van der Waals surface area contributed by atoms with E-state index in [2.05, 4.69) is 41.3 Å². The summed E-state index contributed by atoms with van der Waals surface area (Å²) >= 11 is 0. The predicted molar refractivity (Wildman–Crippen MR) is 69.9 cm³/mol. The van der Waals surface area contributed by atoms with Gasteiger partial charge in [0.2, 0.25) is 5.95 Å². The molecule has 0 saturated heterocycles. The molecule has 0 bridgehead atoms. The first-order valence-corrected chi connectivity index (χ1v) is 5.94. The molecule has 0 unspecified atom stereocenters. The van der Waals surface area contributed by atoms with Gasteiger partial charge in [-0.25, -0.2) is 4.98 Å². The number of rotatable bonds is 4. The van der Waals surface area contributed by atoms with Gasteiger partial charge in [-0.15, -0.1) is 10.2 Å². The van der Waals surface area contributed by atoms with Gasteiger partial charge >= 0.3 is 0 Å². The lowest BCUT2D eigenvalue weighted by Crippen LogP contribution is -2.23. The number of aromatic nitrogens is 3. The summed E-state index contributed by atoms with van der Waals surface area (Å²) in [6.45, 7) is 7.47. The molecule has 0 amide bonds. The van der Waals surface area contributed by atoms with Crippen molar-refractivity contribution in [2.24, 2.45) is 5.41 Å². The zero-order valence-electron chi connectivity index (χ0n) is 10.6. The van der Waals surface area contributed by atoms with E-state index in [1.807, 2.05) is 24.3 Å². The molecule has 0 aliphatic rings. The van der Waals surface area contributed by atoms with Crippen LogP contribution in [0.15, 0.2) is 24.3 Å². The van der Waals surface area contributed by atoms with E-state index in [1.54, 1.807) is 0 Å². The molecule has 1 aromatic heterocycles. The number of nitrogens with zero attached hydrogens (tertiary/aromatic N) is 3. The Morgan fingerprint density at radius 1 is 1.12 bits per heavy atom. The fraction of sp³-hybridized carbons (Fsp3) is 0.462. The van der Waals surface area contributed by atoms with E-state index in [0.717, 1.165) is 24.0 Å². The minimum absolute atomic E-state index is 0.245. The van der Waals surface area contributed by atoms with Crippen LogP contribution in [0.25, 0.3) is 11.0 Å². The van der Waals surface area contributed by atoms with Gasteiger partial charge in [-0.2, -0.15) is 0 Å². The lowest BCUT2D eigenvalue weighted by molar-refractivity contribution is 0.376. The number of hydrogen-bond acceptors (Lipinski definition) is 4. The van der Waals surface area contributed by atoms with Gasteiger partial charge in [0.15, 0.2) is 0 Å². The molecule has 0 fully saturated rings. The van der Waals surface area contributed by atoms with Crippen LogP contribution >= 0.6 is 0 Å². The summed E-state index contributed by atoms with van der Waals surface area (Å²) in [7, 11) is 0. The molecule has 90 valence electrons. The van der Waals surface area contributed by atoms with Crippen molar-refractivity contribution >= 4 is 17.0 Å². The largest absolute Gasteiger partial charge is 0.352 e. The van der Waals surface area contributed by atoms with Gasteiger partial charge in [-0.05, 0) is 24.0 Å². The SMILES string of the molecule is CCC(C)(C)CNc1nnc2ccccc2n1. The zero-order chi connectivity index (χ0) is 12.3. The van der Waals surface area contributed by atoms with Crippen molar-refractivity contribution in [2.75, 3.05) is 11.9 Å². The molecular weight excluding hydrogens is 212 g/mol. The lowest BCUT2D eigenvalue weighted by atomic mass is 9.90. The Balaban J connectivity index is 2.14. The van der Waals surface area contributed by atoms with Crippen LogP contribution in [0.3, 0.4) is 0 Å². The summed E-state index contributed by atoms with van der Waals surface area (Å²) in [5.74, 6) is 0.602. The molecule has 17 heavy (non-hydrogen) atoms. The third-order valence-corrected chi connectivity index (χ3v) is 3.04. The number of nitrogens with one attached hydrogen (secondary N) is 1. The van der Waals surface area contributed by atoms with Crippen LogP contribution in [0.5, 0.6) is 0 Å². The van der Waals surface area contributed by atoms with Crippen LogP contribution < -0.4 is 5.32 Å². The number of anilines is 1. The summed E-state index contributed by atoms with van der Waals surface area (Å²) in [4.78, 5) is 4.43. The summed E-state index contributed by atoms with van der Waals surface area (Å²) in [5, 5.41) is 11.4. The molecule has 0 aliphatic heterocycles. The second-order valence-electron chi connectivity index (χ2n) is 5.00. The van der Waals surface area contributed by atoms with Crippen molar-refractivity contribution in [1.29, 1.82) is 0 Å². The van der Waals surface area contributed by atoms with Gasteiger partial charge in [0, 0.05) is 6.54 Å². The van der Waals surface area contributed by atoms with Crippen molar-refractivity contribution < 1.29 is 0 Å². The molecule has 1 aromatic carbocycles. The standard InChI is InChI=1S/C13H18N4/c1-4-13(2,3)9-14-12-15-10-7-5-6-8-11(10)16-17-12/h5-8H,4,9H2,1-3H3,(H,14,15,17). The molecular formula is C13H18N4. The first-order valence-electron chi connectivity index (χ1n) is 5.94. The van der Waals surface area contributed by atoms with E-state index in [0.29, 0.717) is 5.95 Å². The minimum atomic E-state index is 0.245. The van der Waals surface area contributed by atoms with E-state index < -0.39 is 0 Å². The molecule has 2 rings (SSSR count). The quantitative estimate of drug-likeness (QED) is 0.877. The summed E-state index contributed by atoms with van der Waals surface area (Å²) in [5.41, 5.74) is 1.95. The fourth-order valence-corrected chi connectivity index (χ4v) is 1.40. The highest BCUT2D eigenvalue weighted by Gasteiger charge is 2.15. The Hall–Kier alpha value is -1.71. The third kappa shape index (κ3) is 2.90. The topological polar surface area (TPSA) is 50.7 Å². The van der Waals surface area contributed by atoms with Crippen molar-refractivity contribution in [3.63, 3.8) is 0 Å². The van der Waals surface area contributed by atoms with Crippen LogP contribution in [0.2, 0.25) is 0 Å². The highest BCUT2D eigenvalue weighted by molar-refractivity contribution is 5.73. The third-order valence-electron chi connectivity index (χ3n) is 3.04. The van der Waals surface area contributed by atoms with E-state index in [-0.39, 0.29) is 5.41 Å². The average molecular weight is 230 g/mol. The molecule has 4 heteroatoms. The first kappa shape index (κ1) is 11.8. The Kier molecular flexibility index (Phi) is 3.22. The van der Waals surface area contributed by atoms with Crippen molar-refractivity contribution in [3.05, 3.63) is 24.3 Å². The van der Waals surface area contributed by atoms with Crippen molar-refractivity contribution in [3.8, 4) is 0 Å². The highest BCUT2D eigenvalue weighted by Crippen LogP contribution is 2.19. The van der Waals surface area contributed by atoms with E-state index in [1.165, 1.54) is 0 Å². The summed E-state index contributed by atoms with van der Waals surface area (Å²) in [6, 6.07) is 7.75. The Bertz CT molecular complexity index is 508. The normalized spacial score (nSPS) is 11.7. The van der Waals surface area contributed by atoms with Gasteiger partial charge < -0.3 is 5.32 Å². The fourth-order valence-electron chi connectivity index (χ4n) is 1.40. The molecule has 2 aromatic rings. The lowest BCUT2D eigenvalue weighted by Gasteiger charge is -2.22. The van der Waals surface area contributed by atoms with Crippen molar-refractivity contribution in [2.45, 2.75) is 27.2 Å². The number of para-hydroxylation sites is 1. The molecule has 0 aliphatic carbocycles. The maximum atomic E-state index is 4.43. The van der Waals surface area contributed by atoms with E-state index in [9.17, 15) is 0 Å². The molecule has 1 N–H and O–H groups in total. The predicted octanol–water partition coefficient (Wildman–Crippen LogP) is 2.87. The average Bonchev–Trinajstić information content (AvgIpc) is 2.36. The van der Waals surface area contributed by atoms with E-state index in [4.69, 9.17) is 0 Å². The van der Waals surface area contributed by atoms with Crippen LogP contribution in [-0.2, 0) is 0 Å². The molecule has 1 heterocycles. The van der Waals surface area contributed by atoms with Crippen LogP contribution in [-0.4, -0.2) is 21.7 Å². The first-order chi connectivity index (χ1) is 8.11. The molecule has 0 saturated carbocycles. The van der Waals surface area contributed by atoms with Gasteiger partial charge in [-0.3, -0.25) is 0 Å². The van der Waals surface area contributed by atoms with E-state index >= 15 is 0 Å². The van der Waals surface area contributed by atoms with Gasteiger partial charge in [0.05, 0.1) is 5.52 Å². The summed E-state index contributed by atoms with van der Waals surface area (Å²) in [6.07, 6.45) is 1.11. The van der Waals surface area contributed by atoms with Gasteiger partial charge in [0.25, 0.3) is 0 Å². The number of benzene rings is 1. The maximum absolute atomic E-state index is 4.43. The Morgan fingerprint density at radius 2 is 1.82 bits per heavy atom.